The van der Waals surface area contributed by atoms with Gasteiger partial charge >= 0.3 is 0 Å². The van der Waals surface area contributed by atoms with Gasteiger partial charge in [0.05, 0.1) is 11.4 Å². The summed E-state index contributed by atoms with van der Waals surface area (Å²) in [4.78, 5) is 5.22. The summed E-state index contributed by atoms with van der Waals surface area (Å²) in [6.07, 6.45) is 0. The molecule has 0 radical (unpaired) electrons. The lowest BCUT2D eigenvalue weighted by molar-refractivity contribution is 0.180. The Morgan fingerprint density at radius 2 is 1.80 bits per heavy atom. The first-order valence-electron chi connectivity index (χ1n) is 5.67. The first-order chi connectivity index (χ1) is 7.13. The molecular weight excluding hydrogens is 256 g/mol. The van der Waals surface area contributed by atoms with Crippen LogP contribution in [0.2, 0.25) is 0 Å². The van der Waals surface area contributed by atoms with Crippen LogP contribution in [-0.4, -0.2) is 68.1 Å². The Kier molecular flexibility index (Phi) is 9.81. The summed E-state index contributed by atoms with van der Waals surface area (Å²) in [5, 5.41) is 0. The quantitative estimate of drug-likeness (QED) is 0.598. The Morgan fingerprint density at radius 3 is 2.27 bits per heavy atom. The molecule has 0 spiro atoms. The standard InChI is InChI=1S/C11H25BrN2O/c1-5-14(6-2)8-7-13(3)9-11(12)10-15-4/h11H,5-10H2,1-4H3. The molecule has 3 nitrogen and oxygen atoms in total. The number of methoxy groups -OCH3 is 1. The van der Waals surface area contributed by atoms with E-state index in [1.54, 1.807) is 7.11 Å². The highest BCUT2D eigenvalue weighted by atomic mass is 79.9. The van der Waals surface area contributed by atoms with Gasteiger partial charge in [0.15, 0.2) is 0 Å². The van der Waals surface area contributed by atoms with Gasteiger partial charge in [-0.2, -0.15) is 0 Å². The first kappa shape index (κ1) is 15.4. The van der Waals surface area contributed by atoms with Crippen molar-refractivity contribution in [2.24, 2.45) is 0 Å². The fraction of sp³-hybridized carbons (Fsp3) is 1.00. The van der Waals surface area contributed by atoms with Crippen LogP contribution in [0, 0.1) is 0 Å². The van der Waals surface area contributed by atoms with E-state index in [9.17, 15) is 0 Å². The first-order valence-corrected chi connectivity index (χ1v) is 6.59. The molecule has 0 N–H and O–H groups in total. The van der Waals surface area contributed by atoms with Crippen molar-refractivity contribution in [2.45, 2.75) is 18.7 Å². The normalized spacial score (nSPS) is 13.8. The Balaban J connectivity index is 3.59. The molecule has 0 rings (SSSR count). The predicted octanol–water partition coefficient (Wildman–Crippen LogP) is 1.67. The van der Waals surface area contributed by atoms with Crippen LogP contribution in [0.15, 0.2) is 0 Å². The summed E-state index contributed by atoms with van der Waals surface area (Å²) in [6.45, 7) is 10.8. The van der Waals surface area contributed by atoms with E-state index in [0.717, 1.165) is 39.3 Å². The molecule has 0 aromatic heterocycles. The predicted molar refractivity (Wildman–Crippen MR) is 69.9 cm³/mol. The zero-order chi connectivity index (χ0) is 11.7. The molecule has 1 atom stereocenters. The number of likely N-dealkylation sites (N-methyl/N-ethyl adjacent to an activating group) is 2. The van der Waals surface area contributed by atoms with Gasteiger partial charge in [-0.05, 0) is 20.1 Å². The fourth-order valence-electron chi connectivity index (χ4n) is 1.51. The summed E-state index contributed by atoms with van der Waals surface area (Å²) < 4.78 is 5.09. The summed E-state index contributed by atoms with van der Waals surface area (Å²) in [5.41, 5.74) is 0. The highest BCUT2D eigenvalue weighted by Gasteiger charge is 2.08. The summed E-state index contributed by atoms with van der Waals surface area (Å²) in [7, 11) is 3.90. The van der Waals surface area contributed by atoms with E-state index in [4.69, 9.17) is 4.74 Å². The third kappa shape index (κ3) is 8.20. The Hall–Kier alpha value is 0.360. The molecule has 0 aromatic rings. The van der Waals surface area contributed by atoms with E-state index < -0.39 is 0 Å². The molecule has 0 saturated heterocycles. The van der Waals surface area contributed by atoms with Gasteiger partial charge in [-0.3, -0.25) is 0 Å². The topological polar surface area (TPSA) is 15.7 Å². The Bertz CT molecular complexity index is 143. The highest BCUT2D eigenvalue weighted by molar-refractivity contribution is 9.09. The molecule has 1 unspecified atom stereocenters. The number of halogens is 1. The van der Waals surface area contributed by atoms with Crippen LogP contribution in [-0.2, 0) is 4.74 Å². The zero-order valence-electron chi connectivity index (χ0n) is 10.5. The van der Waals surface area contributed by atoms with Gasteiger partial charge in [-0.15, -0.1) is 0 Å². The van der Waals surface area contributed by atoms with Crippen LogP contribution in [0.1, 0.15) is 13.8 Å². The number of hydrogen-bond acceptors (Lipinski definition) is 3. The van der Waals surface area contributed by atoms with Crippen molar-refractivity contribution in [3.8, 4) is 0 Å². The molecule has 0 amide bonds. The smallest absolute Gasteiger partial charge is 0.0600 e. The van der Waals surface area contributed by atoms with Crippen molar-refractivity contribution in [1.82, 2.24) is 9.80 Å². The van der Waals surface area contributed by atoms with Crippen molar-refractivity contribution in [2.75, 3.05) is 53.5 Å². The largest absolute Gasteiger partial charge is 0.383 e. The molecule has 0 aliphatic heterocycles. The minimum atomic E-state index is 0.434. The average Bonchev–Trinajstić information content (AvgIpc) is 2.19. The van der Waals surface area contributed by atoms with Crippen molar-refractivity contribution in [1.29, 1.82) is 0 Å². The maximum absolute atomic E-state index is 5.09. The molecule has 0 aliphatic carbocycles. The maximum atomic E-state index is 5.09. The lowest BCUT2D eigenvalue weighted by atomic mass is 10.4. The zero-order valence-corrected chi connectivity index (χ0v) is 12.1. The lowest BCUT2D eigenvalue weighted by Crippen LogP contribution is -2.36. The van der Waals surface area contributed by atoms with Gasteiger partial charge in [-0.25, -0.2) is 0 Å². The molecule has 0 fully saturated rings. The minimum Gasteiger partial charge on any atom is -0.383 e. The molecule has 4 heteroatoms. The third-order valence-corrected chi connectivity index (χ3v) is 3.10. The van der Waals surface area contributed by atoms with Gasteiger partial charge in [-0.1, -0.05) is 29.8 Å². The van der Waals surface area contributed by atoms with E-state index in [2.05, 4.69) is 46.6 Å². The van der Waals surface area contributed by atoms with Crippen molar-refractivity contribution < 1.29 is 4.74 Å². The van der Waals surface area contributed by atoms with E-state index in [0.29, 0.717) is 4.83 Å². The van der Waals surface area contributed by atoms with Crippen LogP contribution < -0.4 is 0 Å². The number of rotatable bonds is 9. The molecule has 0 heterocycles. The number of nitrogens with zero attached hydrogens (tertiary/aromatic N) is 2. The van der Waals surface area contributed by atoms with E-state index >= 15 is 0 Å². The SMILES string of the molecule is CCN(CC)CCN(C)CC(Br)COC. The van der Waals surface area contributed by atoms with Crippen molar-refractivity contribution in [3.63, 3.8) is 0 Å². The molecule has 0 saturated carbocycles. The minimum absolute atomic E-state index is 0.434. The fourth-order valence-corrected chi connectivity index (χ4v) is 2.27. The second-order valence-corrected chi connectivity index (χ2v) is 5.14. The lowest BCUT2D eigenvalue weighted by Gasteiger charge is -2.24. The average molecular weight is 281 g/mol. The Labute approximate surface area is 103 Å². The second kappa shape index (κ2) is 9.58. The number of ether oxygens (including phenoxy) is 1. The summed E-state index contributed by atoms with van der Waals surface area (Å²) in [6, 6.07) is 0. The van der Waals surface area contributed by atoms with Gasteiger partial charge in [0.1, 0.15) is 0 Å². The van der Waals surface area contributed by atoms with Gasteiger partial charge in [0, 0.05) is 26.7 Å². The van der Waals surface area contributed by atoms with Crippen LogP contribution >= 0.6 is 15.9 Å². The van der Waals surface area contributed by atoms with Crippen LogP contribution in [0.25, 0.3) is 0 Å². The van der Waals surface area contributed by atoms with E-state index in [-0.39, 0.29) is 0 Å². The van der Waals surface area contributed by atoms with Gasteiger partial charge in [0.25, 0.3) is 0 Å². The van der Waals surface area contributed by atoms with Gasteiger partial charge in [0.2, 0.25) is 0 Å². The summed E-state index contributed by atoms with van der Waals surface area (Å²) in [5.74, 6) is 0. The second-order valence-electron chi connectivity index (χ2n) is 3.84. The van der Waals surface area contributed by atoms with Crippen LogP contribution in [0.5, 0.6) is 0 Å². The molecule has 15 heavy (non-hydrogen) atoms. The third-order valence-electron chi connectivity index (χ3n) is 2.55. The maximum Gasteiger partial charge on any atom is 0.0600 e. The molecular formula is C11H25BrN2O. The molecule has 0 aliphatic rings. The van der Waals surface area contributed by atoms with Gasteiger partial charge < -0.3 is 14.5 Å². The van der Waals surface area contributed by atoms with E-state index in [1.165, 1.54) is 0 Å². The number of hydrogen-bond donors (Lipinski definition) is 0. The monoisotopic (exact) mass is 280 g/mol. The molecule has 0 bridgehead atoms. The van der Waals surface area contributed by atoms with Crippen LogP contribution in [0.4, 0.5) is 0 Å². The summed E-state index contributed by atoms with van der Waals surface area (Å²) >= 11 is 3.60. The van der Waals surface area contributed by atoms with E-state index in [1.807, 2.05) is 0 Å². The van der Waals surface area contributed by atoms with Crippen molar-refractivity contribution in [3.05, 3.63) is 0 Å². The molecule has 92 valence electrons. The highest BCUT2D eigenvalue weighted by Crippen LogP contribution is 2.02. The van der Waals surface area contributed by atoms with Crippen molar-refractivity contribution >= 4 is 15.9 Å². The number of alkyl halides is 1. The Morgan fingerprint density at radius 1 is 1.20 bits per heavy atom. The van der Waals surface area contributed by atoms with Crippen LogP contribution in [0.3, 0.4) is 0 Å². The molecule has 0 aromatic carbocycles.